The van der Waals surface area contributed by atoms with Gasteiger partial charge in [0.2, 0.25) is 11.8 Å². The second kappa shape index (κ2) is 14.4. The van der Waals surface area contributed by atoms with Crippen LogP contribution in [0.25, 0.3) is 0 Å². The van der Waals surface area contributed by atoms with Gasteiger partial charge in [0.05, 0.1) is 10.6 Å². The van der Waals surface area contributed by atoms with Crippen molar-refractivity contribution in [3.8, 4) is 0 Å². The van der Waals surface area contributed by atoms with Gasteiger partial charge < -0.3 is 10.2 Å². The standard InChI is InChI=1S/C33H39ClFN3O4S/c1-4-30(33(40)36-27-9-6-5-7-10-27)37(21-25-15-17-26(35)18-16-25)32(39)22-38(31-12-8-11-29(34)24(31)3)43(41,42)28-19-13-23(2)14-20-28/h8,11-20,27,30H,4-7,9-10,21-22H2,1-3H3,(H,36,40)/t30-/m0/s1. The molecule has 2 amide bonds. The van der Waals surface area contributed by atoms with Gasteiger partial charge in [-0.1, -0.05) is 73.7 Å². The topological polar surface area (TPSA) is 86.8 Å². The fourth-order valence-electron chi connectivity index (χ4n) is 5.47. The molecular formula is C33H39ClFN3O4S. The molecule has 0 aliphatic heterocycles. The monoisotopic (exact) mass is 627 g/mol. The van der Waals surface area contributed by atoms with Gasteiger partial charge in [-0.15, -0.1) is 0 Å². The molecule has 3 aromatic rings. The predicted octanol–water partition coefficient (Wildman–Crippen LogP) is 6.55. The van der Waals surface area contributed by atoms with Crippen molar-refractivity contribution < 1.29 is 22.4 Å². The molecule has 1 aliphatic rings. The Morgan fingerprint density at radius 1 is 0.977 bits per heavy atom. The van der Waals surface area contributed by atoms with Gasteiger partial charge in [0, 0.05) is 17.6 Å². The van der Waals surface area contributed by atoms with Crippen LogP contribution in [0.4, 0.5) is 10.1 Å². The van der Waals surface area contributed by atoms with Crippen LogP contribution in [0.15, 0.2) is 71.6 Å². The number of amides is 2. The first-order chi connectivity index (χ1) is 20.5. The van der Waals surface area contributed by atoms with Gasteiger partial charge in [0.1, 0.15) is 18.4 Å². The summed E-state index contributed by atoms with van der Waals surface area (Å²) in [5.74, 6) is -1.27. The number of anilines is 1. The maximum atomic E-state index is 14.3. The molecule has 0 heterocycles. The molecule has 0 saturated heterocycles. The molecule has 1 aliphatic carbocycles. The SMILES string of the molecule is CC[C@@H](C(=O)NC1CCCCC1)N(Cc1ccc(F)cc1)C(=O)CN(c1cccc(Cl)c1C)S(=O)(=O)c1ccc(C)cc1. The highest BCUT2D eigenvalue weighted by atomic mass is 35.5. The Kier molecular flexibility index (Phi) is 10.8. The van der Waals surface area contributed by atoms with Crippen molar-refractivity contribution >= 4 is 39.1 Å². The third-order valence-electron chi connectivity index (χ3n) is 8.00. The van der Waals surface area contributed by atoms with Gasteiger partial charge in [0.15, 0.2) is 0 Å². The summed E-state index contributed by atoms with van der Waals surface area (Å²) >= 11 is 6.40. The molecule has 0 bridgehead atoms. The maximum Gasteiger partial charge on any atom is 0.264 e. The summed E-state index contributed by atoms with van der Waals surface area (Å²) in [5, 5.41) is 3.48. The summed E-state index contributed by atoms with van der Waals surface area (Å²) in [7, 11) is -4.22. The van der Waals surface area contributed by atoms with E-state index >= 15 is 0 Å². The zero-order valence-electron chi connectivity index (χ0n) is 24.9. The molecule has 1 N–H and O–H groups in total. The zero-order valence-corrected chi connectivity index (χ0v) is 26.4. The molecule has 1 saturated carbocycles. The highest BCUT2D eigenvalue weighted by Crippen LogP contribution is 2.31. The Labute approximate surface area is 259 Å². The van der Waals surface area contributed by atoms with Crippen molar-refractivity contribution in [3.05, 3.63) is 94.3 Å². The molecule has 1 fully saturated rings. The minimum Gasteiger partial charge on any atom is -0.352 e. The van der Waals surface area contributed by atoms with E-state index < -0.39 is 34.3 Å². The molecule has 4 rings (SSSR count). The lowest BCUT2D eigenvalue weighted by Gasteiger charge is -2.34. The van der Waals surface area contributed by atoms with E-state index in [1.807, 2.05) is 13.8 Å². The van der Waals surface area contributed by atoms with E-state index in [0.29, 0.717) is 22.6 Å². The molecule has 230 valence electrons. The number of halogens is 2. The third-order valence-corrected chi connectivity index (χ3v) is 10.2. The van der Waals surface area contributed by atoms with Crippen molar-refractivity contribution in [2.45, 2.75) is 82.8 Å². The maximum absolute atomic E-state index is 14.3. The summed E-state index contributed by atoms with van der Waals surface area (Å²) in [6.45, 7) is 4.81. The average molecular weight is 628 g/mol. The van der Waals surface area contributed by atoms with E-state index in [0.717, 1.165) is 42.0 Å². The van der Waals surface area contributed by atoms with Crippen LogP contribution in [0.1, 0.15) is 62.1 Å². The van der Waals surface area contributed by atoms with E-state index in [2.05, 4.69) is 5.32 Å². The van der Waals surface area contributed by atoms with Gasteiger partial charge >= 0.3 is 0 Å². The molecule has 3 aromatic carbocycles. The van der Waals surface area contributed by atoms with E-state index in [4.69, 9.17) is 11.6 Å². The van der Waals surface area contributed by atoms with Crippen molar-refractivity contribution in [1.82, 2.24) is 10.2 Å². The van der Waals surface area contributed by atoms with Crippen LogP contribution in [-0.2, 0) is 26.2 Å². The third kappa shape index (κ3) is 7.95. The number of hydrogen-bond acceptors (Lipinski definition) is 4. The normalized spacial score (nSPS) is 14.6. The predicted molar refractivity (Wildman–Crippen MR) is 168 cm³/mol. The first-order valence-electron chi connectivity index (χ1n) is 14.7. The summed E-state index contributed by atoms with van der Waals surface area (Å²) in [6, 6.07) is 16.2. The summed E-state index contributed by atoms with van der Waals surface area (Å²) < 4.78 is 43.0. The van der Waals surface area contributed by atoms with Gasteiger partial charge in [-0.2, -0.15) is 0 Å². The molecule has 1 atom stereocenters. The van der Waals surface area contributed by atoms with E-state index in [1.54, 1.807) is 49.4 Å². The van der Waals surface area contributed by atoms with E-state index in [9.17, 15) is 22.4 Å². The number of sulfonamides is 1. The lowest BCUT2D eigenvalue weighted by molar-refractivity contribution is -0.140. The van der Waals surface area contributed by atoms with Gasteiger partial charge in [-0.25, -0.2) is 12.8 Å². The van der Waals surface area contributed by atoms with Gasteiger partial charge in [0.25, 0.3) is 10.0 Å². The number of aryl methyl sites for hydroxylation is 1. The van der Waals surface area contributed by atoms with Crippen LogP contribution in [0.5, 0.6) is 0 Å². The van der Waals surface area contributed by atoms with Crippen molar-refractivity contribution in [2.24, 2.45) is 0 Å². The number of hydrogen-bond donors (Lipinski definition) is 1. The lowest BCUT2D eigenvalue weighted by Crippen LogP contribution is -2.54. The Hall–Kier alpha value is -3.43. The number of nitrogens with one attached hydrogen (secondary N) is 1. The van der Waals surface area contributed by atoms with Crippen molar-refractivity contribution in [1.29, 1.82) is 0 Å². The lowest BCUT2D eigenvalue weighted by atomic mass is 9.95. The quantitative estimate of drug-likeness (QED) is 0.261. The number of rotatable bonds is 11. The van der Waals surface area contributed by atoms with Crippen LogP contribution < -0.4 is 9.62 Å². The summed E-state index contributed by atoms with van der Waals surface area (Å²) in [6.07, 6.45) is 5.27. The molecular weight excluding hydrogens is 589 g/mol. The highest BCUT2D eigenvalue weighted by Gasteiger charge is 2.35. The molecule has 7 nitrogen and oxygen atoms in total. The second-order valence-corrected chi connectivity index (χ2v) is 13.4. The largest absolute Gasteiger partial charge is 0.352 e. The van der Waals surface area contributed by atoms with E-state index in [-0.39, 0.29) is 29.1 Å². The van der Waals surface area contributed by atoms with Crippen LogP contribution in [0.3, 0.4) is 0 Å². The average Bonchev–Trinajstić information content (AvgIpc) is 2.99. The first kappa shape index (κ1) is 32.5. The summed E-state index contributed by atoms with van der Waals surface area (Å²) in [4.78, 5) is 29.3. The molecule has 0 radical (unpaired) electrons. The Morgan fingerprint density at radius 2 is 1.63 bits per heavy atom. The van der Waals surface area contributed by atoms with Crippen LogP contribution >= 0.6 is 11.6 Å². The number of carbonyl (C=O) groups is 2. The van der Waals surface area contributed by atoms with Crippen molar-refractivity contribution in [2.75, 3.05) is 10.8 Å². The van der Waals surface area contributed by atoms with E-state index in [1.165, 1.54) is 29.2 Å². The van der Waals surface area contributed by atoms with Crippen LogP contribution in [0.2, 0.25) is 5.02 Å². The Morgan fingerprint density at radius 3 is 2.26 bits per heavy atom. The smallest absolute Gasteiger partial charge is 0.264 e. The van der Waals surface area contributed by atoms with Crippen LogP contribution in [0, 0.1) is 19.7 Å². The minimum atomic E-state index is -4.22. The fraction of sp³-hybridized carbons (Fsp3) is 0.394. The second-order valence-electron chi connectivity index (χ2n) is 11.1. The van der Waals surface area contributed by atoms with Gasteiger partial charge in [-0.05, 0) is 80.6 Å². The number of benzene rings is 3. The Balaban J connectivity index is 1.73. The molecule has 0 spiro atoms. The molecule has 0 aromatic heterocycles. The van der Waals surface area contributed by atoms with Crippen LogP contribution in [-0.4, -0.2) is 43.8 Å². The number of carbonyl (C=O) groups excluding carboxylic acids is 2. The van der Waals surface area contributed by atoms with Crippen molar-refractivity contribution in [3.63, 3.8) is 0 Å². The first-order valence-corrected chi connectivity index (χ1v) is 16.5. The van der Waals surface area contributed by atoms with Gasteiger partial charge in [-0.3, -0.25) is 13.9 Å². The molecule has 10 heteroatoms. The summed E-state index contributed by atoms with van der Waals surface area (Å²) in [5.41, 5.74) is 2.27. The molecule has 43 heavy (non-hydrogen) atoms. The minimum absolute atomic E-state index is 0.00263. The zero-order chi connectivity index (χ0) is 31.1. The number of nitrogens with zero attached hydrogens (tertiary/aromatic N) is 2. The Bertz CT molecular complexity index is 1520. The molecule has 0 unspecified atom stereocenters. The highest BCUT2D eigenvalue weighted by molar-refractivity contribution is 7.92. The fourth-order valence-corrected chi connectivity index (χ4v) is 7.11.